The van der Waals surface area contributed by atoms with E-state index in [0.717, 1.165) is 21.6 Å². The first kappa shape index (κ1) is 25.9. The SMILES string of the molecule is CC(=O)Nc1ccc([C@@H]2O[C@H](CSc3ccc(C(=O)O)cc3)[C@H](C)[C@H](c3ccc(CO)cc3)O2)cc1. The van der Waals surface area contributed by atoms with E-state index in [1.54, 1.807) is 36.0 Å². The van der Waals surface area contributed by atoms with Crippen LogP contribution in [0.4, 0.5) is 5.69 Å². The second kappa shape index (κ2) is 11.7. The number of anilines is 1. The average molecular weight is 508 g/mol. The first-order valence-corrected chi connectivity index (χ1v) is 12.7. The van der Waals surface area contributed by atoms with E-state index in [9.17, 15) is 14.7 Å². The predicted molar refractivity (Wildman–Crippen MR) is 138 cm³/mol. The van der Waals surface area contributed by atoms with Gasteiger partial charge in [0.05, 0.1) is 24.4 Å². The number of amides is 1. The smallest absolute Gasteiger partial charge is 0.335 e. The van der Waals surface area contributed by atoms with Gasteiger partial charge in [-0.05, 0) is 47.5 Å². The van der Waals surface area contributed by atoms with Crippen molar-refractivity contribution in [3.63, 3.8) is 0 Å². The second-order valence-corrected chi connectivity index (χ2v) is 9.86. The number of carbonyl (C=O) groups is 2. The van der Waals surface area contributed by atoms with E-state index >= 15 is 0 Å². The molecule has 1 fully saturated rings. The highest BCUT2D eigenvalue weighted by molar-refractivity contribution is 7.99. The maximum atomic E-state index is 11.4. The fraction of sp³-hybridized carbons (Fsp3) is 0.286. The number of carboxylic acid groups (broad SMARTS) is 1. The Kier molecular flexibility index (Phi) is 8.43. The molecule has 8 heteroatoms. The number of aromatic carboxylic acids is 1. The molecule has 3 aromatic rings. The molecule has 0 aliphatic carbocycles. The average Bonchev–Trinajstić information content (AvgIpc) is 2.88. The molecule has 1 amide bonds. The van der Waals surface area contributed by atoms with Crippen LogP contribution in [0.15, 0.2) is 77.7 Å². The molecule has 0 unspecified atom stereocenters. The molecule has 188 valence electrons. The van der Waals surface area contributed by atoms with Gasteiger partial charge in [0.2, 0.25) is 5.91 Å². The summed E-state index contributed by atoms with van der Waals surface area (Å²) in [7, 11) is 0. The number of ether oxygens (including phenoxy) is 2. The Bertz CT molecular complexity index is 1180. The fourth-order valence-corrected chi connectivity index (χ4v) is 5.18. The lowest BCUT2D eigenvalue weighted by Crippen LogP contribution is -2.38. The first-order chi connectivity index (χ1) is 17.3. The van der Waals surface area contributed by atoms with Crippen molar-refractivity contribution in [3.8, 4) is 0 Å². The van der Waals surface area contributed by atoms with Crippen LogP contribution in [0.5, 0.6) is 0 Å². The fourth-order valence-electron chi connectivity index (χ4n) is 4.11. The monoisotopic (exact) mass is 507 g/mol. The van der Waals surface area contributed by atoms with Crippen molar-refractivity contribution in [1.29, 1.82) is 0 Å². The van der Waals surface area contributed by atoms with Gasteiger partial charge in [0, 0.05) is 34.7 Å². The van der Waals surface area contributed by atoms with Gasteiger partial charge >= 0.3 is 5.97 Å². The molecule has 4 atom stereocenters. The Labute approximate surface area is 214 Å². The minimum atomic E-state index is -0.949. The number of aliphatic hydroxyl groups excluding tert-OH is 1. The summed E-state index contributed by atoms with van der Waals surface area (Å²) in [4.78, 5) is 23.5. The lowest BCUT2D eigenvalue weighted by molar-refractivity contribution is -0.268. The molecule has 0 saturated carbocycles. The molecule has 1 heterocycles. The zero-order valence-electron chi connectivity index (χ0n) is 20.1. The first-order valence-electron chi connectivity index (χ1n) is 11.7. The summed E-state index contributed by atoms with van der Waals surface area (Å²) in [6, 6.07) is 22.0. The molecule has 3 N–H and O–H groups in total. The number of benzene rings is 3. The van der Waals surface area contributed by atoms with E-state index in [1.165, 1.54) is 6.92 Å². The number of hydrogen-bond acceptors (Lipinski definition) is 6. The predicted octanol–water partition coefficient (Wildman–Crippen LogP) is 5.42. The second-order valence-electron chi connectivity index (χ2n) is 8.77. The number of aliphatic hydroxyl groups is 1. The summed E-state index contributed by atoms with van der Waals surface area (Å²) in [6.07, 6.45) is -0.980. The van der Waals surface area contributed by atoms with Gasteiger partial charge in [-0.2, -0.15) is 0 Å². The van der Waals surface area contributed by atoms with Crippen molar-refractivity contribution in [2.75, 3.05) is 11.1 Å². The molecule has 0 radical (unpaired) electrons. The normalized spacial score (nSPS) is 21.6. The quantitative estimate of drug-likeness (QED) is 0.350. The molecule has 0 spiro atoms. The molecular formula is C28H29NO6S. The zero-order valence-corrected chi connectivity index (χ0v) is 20.9. The van der Waals surface area contributed by atoms with Gasteiger partial charge in [-0.15, -0.1) is 11.8 Å². The summed E-state index contributed by atoms with van der Waals surface area (Å²) in [5.41, 5.74) is 3.63. The van der Waals surface area contributed by atoms with Crippen molar-refractivity contribution in [3.05, 3.63) is 95.1 Å². The van der Waals surface area contributed by atoms with Crippen molar-refractivity contribution in [2.24, 2.45) is 5.92 Å². The molecule has 3 aromatic carbocycles. The van der Waals surface area contributed by atoms with Crippen LogP contribution in [0.1, 0.15) is 53.3 Å². The minimum absolute atomic E-state index is 0.0202. The van der Waals surface area contributed by atoms with Crippen LogP contribution in [0, 0.1) is 5.92 Å². The van der Waals surface area contributed by atoms with Gasteiger partial charge in [0.1, 0.15) is 0 Å². The highest BCUT2D eigenvalue weighted by Crippen LogP contribution is 2.43. The van der Waals surface area contributed by atoms with E-state index in [1.807, 2.05) is 48.5 Å². The Morgan fingerprint density at radius 3 is 2.14 bits per heavy atom. The zero-order chi connectivity index (χ0) is 25.7. The minimum Gasteiger partial charge on any atom is -0.478 e. The third-order valence-corrected chi connectivity index (χ3v) is 7.24. The van der Waals surface area contributed by atoms with Crippen LogP contribution in [-0.2, 0) is 20.9 Å². The van der Waals surface area contributed by atoms with Crippen LogP contribution in [-0.4, -0.2) is 33.9 Å². The van der Waals surface area contributed by atoms with Crippen molar-refractivity contribution in [2.45, 2.75) is 43.8 Å². The standard InChI is InChI=1S/C28H29NO6S/c1-17-25(16-36-24-13-9-21(10-14-24)27(32)33)34-28(22-7-11-23(12-8-22)29-18(2)31)35-26(17)20-5-3-19(15-30)4-6-20/h3-14,17,25-26,28,30H,15-16H2,1-2H3,(H,29,31)(H,32,33)/t17-,25+,26+,28+/m0/s1. The van der Waals surface area contributed by atoms with Crippen LogP contribution in [0.2, 0.25) is 0 Å². The number of rotatable bonds is 8. The van der Waals surface area contributed by atoms with Crippen LogP contribution >= 0.6 is 11.8 Å². The molecule has 4 rings (SSSR count). The number of carbonyl (C=O) groups excluding carboxylic acids is 1. The summed E-state index contributed by atoms with van der Waals surface area (Å²) in [6.45, 7) is 3.54. The maximum absolute atomic E-state index is 11.4. The van der Waals surface area contributed by atoms with E-state index < -0.39 is 12.3 Å². The van der Waals surface area contributed by atoms with E-state index in [-0.39, 0.29) is 36.2 Å². The van der Waals surface area contributed by atoms with Gasteiger partial charge in [0.15, 0.2) is 6.29 Å². The summed E-state index contributed by atoms with van der Waals surface area (Å²) in [5.74, 6) is -0.398. The van der Waals surface area contributed by atoms with E-state index in [4.69, 9.17) is 14.6 Å². The lowest BCUT2D eigenvalue weighted by atomic mass is 9.91. The highest BCUT2D eigenvalue weighted by atomic mass is 32.2. The van der Waals surface area contributed by atoms with E-state index in [2.05, 4.69) is 12.2 Å². The van der Waals surface area contributed by atoms with Crippen molar-refractivity contribution in [1.82, 2.24) is 0 Å². The largest absolute Gasteiger partial charge is 0.478 e. The summed E-state index contributed by atoms with van der Waals surface area (Å²) in [5, 5.41) is 21.3. The molecule has 0 bridgehead atoms. The molecule has 1 aliphatic rings. The molecule has 36 heavy (non-hydrogen) atoms. The molecule has 7 nitrogen and oxygen atoms in total. The highest BCUT2D eigenvalue weighted by Gasteiger charge is 2.38. The van der Waals surface area contributed by atoms with Gasteiger partial charge < -0.3 is 25.0 Å². The van der Waals surface area contributed by atoms with Gasteiger partial charge in [0.25, 0.3) is 0 Å². The molecular weight excluding hydrogens is 478 g/mol. The lowest BCUT2D eigenvalue weighted by Gasteiger charge is -2.41. The number of carboxylic acids is 1. The van der Waals surface area contributed by atoms with Crippen LogP contribution in [0.25, 0.3) is 0 Å². The Morgan fingerprint density at radius 2 is 1.56 bits per heavy atom. The van der Waals surface area contributed by atoms with Crippen molar-refractivity contribution >= 4 is 29.3 Å². The topological polar surface area (TPSA) is 105 Å². The van der Waals surface area contributed by atoms with Crippen molar-refractivity contribution < 1.29 is 29.3 Å². The summed E-state index contributed by atoms with van der Waals surface area (Å²) >= 11 is 1.61. The van der Waals surface area contributed by atoms with Gasteiger partial charge in [-0.25, -0.2) is 4.79 Å². The molecule has 1 aliphatic heterocycles. The number of hydrogen-bond donors (Lipinski definition) is 3. The number of thioether (sulfide) groups is 1. The third kappa shape index (κ3) is 6.33. The Balaban J connectivity index is 1.55. The van der Waals surface area contributed by atoms with Gasteiger partial charge in [-0.3, -0.25) is 4.79 Å². The van der Waals surface area contributed by atoms with Crippen LogP contribution < -0.4 is 5.32 Å². The van der Waals surface area contributed by atoms with E-state index in [0.29, 0.717) is 11.4 Å². The Hall–Kier alpha value is -3.17. The summed E-state index contributed by atoms with van der Waals surface area (Å²) < 4.78 is 12.9. The molecule has 0 aromatic heterocycles. The maximum Gasteiger partial charge on any atom is 0.335 e. The van der Waals surface area contributed by atoms with Crippen LogP contribution in [0.3, 0.4) is 0 Å². The Morgan fingerprint density at radius 1 is 0.917 bits per heavy atom. The number of nitrogens with one attached hydrogen (secondary N) is 1. The third-order valence-electron chi connectivity index (χ3n) is 6.14. The van der Waals surface area contributed by atoms with Gasteiger partial charge in [-0.1, -0.05) is 43.3 Å². The molecule has 1 saturated heterocycles.